The molecular formula is C25H28N2O9. The Hall–Kier alpha value is -3.70. The van der Waals surface area contributed by atoms with Crippen molar-refractivity contribution in [2.24, 2.45) is 23.3 Å². The van der Waals surface area contributed by atoms with Crippen LogP contribution in [0.1, 0.15) is 61.9 Å². The zero-order chi connectivity index (χ0) is 27.1. The summed E-state index contributed by atoms with van der Waals surface area (Å²) in [7, 11) is 0. The first-order chi connectivity index (χ1) is 16.5. The predicted octanol–water partition coefficient (Wildman–Crippen LogP) is 0.806. The Balaban J connectivity index is 2.01. The number of nitrogens with two attached hydrogens (primary N) is 2. The van der Waals surface area contributed by atoms with Crippen LogP contribution in [-0.2, 0) is 31.0 Å². The molecule has 1 aromatic carbocycles. The number of aliphatic carboxylic acids is 1. The molecule has 9 N–H and O–H groups in total. The Labute approximate surface area is 205 Å². The lowest BCUT2D eigenvalue weighted by molar-refractivity contribution is -0.147. The Morgan fingerprint density at radius 1 is 1.14 bits per heavy atom. The van der Waals surface area contributed by atoms with Gasteiger partial charge in [-0.2, -0.15) is 0 Å². The molecule has 192 valence electrons. The van der Waals surface area contributed by atoms with Gasteiger partial charge in [-0.15, -0.1) is 0 Å². The quantitative estimate of drug-likeness (QED) is 0.289. The number of carboxylic acid groups (broad SMARTS) is 1. The molecule has 1 saturated carbocycles. The van der Waals surface area contributed by atoms with Gasteiger partial charge in [-0.05, 0) is 41.4 Å². The van der Waals surface area contributed by atoms with E-state index in [9.17, 15) is 44.7 Å². The van der Waals surface area contributed by atoms with E-state index in [1.54, 1.807) is 20.8 Å². The lowest BCUT2D eigenvalue weighted by atomic mass is 9.59. The molecule has 3 aliphatic rings. The van der Waals surface area contributed by atoms with Crippen LogP contribution in [-0.4, -0.2) is 54.6 Å². The molecule has 0 bridgehead atoms. The number of Topliss-reactive ketones (excluding diaryl/α,β-unsaturated/α-hetero) is 2. The number of ketones is 2. The number of benzene rings is 1. The van der Waals surface area contributed by atoms with Crippen LogP contribution in [0.25, 0.3) is 5.76 Å². The Bertz CT molecular complexity index is 1320. The zero-order valence-electron chi connectivity index (χ0n) is 20.0. The van der Waals surface area contributed by atoms with Crippen molar-refractivity contribution in [3.05, 3.63) is 45.2 Å². The Kier molecular flexibility index (Phi) is 5.57. The second-order valence-corrected chi connectivity index (χ2v) is 10.7. The van der Waals surface area contributed by atoms with E-state index < -0.39 is 75.8 Å². The zero-order valence-corrected chi connectivity index (χ0v) is 20.0. The summed E-state index contributed by atoms with van der Waals surface area (Å²) in [6.07, 6.45) is -0.535. The molecule has 1 amide bonds. The summed E-state index contributed by atoms with van der Waals surface area (Å²) in [6.45, 7) is 5.27. The maximum absolute atomic E-state index is 13.6. The van der Waals surface area contributed by atoms with Crippen molar-refractivity contribution in [2.45, 2.75) is 57.1 Å². The van der Waals surface area contributed by atoms with Crippen molar-refractivity contribution < 1.29 is 44.7 Å². The molecule has 0 radical (unpaired) electrons. The van der Waals surface area contributed by atoms with Crippen molar-refractivity contribution in [3.8, 4) is 5.75 Å². The van der Waals surface area contributed by atoms with Crippen LogP contribution >= 0.6 is 0 Å². The molecule has 4 rings (SSSR count). The number of aliphatic hydroxyl groups excluding tert-OH is 2. The summed E-state index contributed by atoms with van der Waals surface area (Å²) < 4.78 is 0. The third-order valence-electron chi connectivity index (χ3n) is 7.51. The highest BCUT2D eigenvalue weighted by molar-refractivity contribution is 6.22. The second-order valence-electron chi connectivity index (χ2n) is 10.7. The minimum absolute atomic E-state index is 0.0251. The number of phenolic OH excluding ortho intramolecular Hbond substituents is 1. The van der Waals surface area contributed by atoms with Crippen LogP contribution in [0.2, 0.25) is 0 Å². The molecule has 11 nitrogen and oxygen atoms in total. The maximum Gasteiger partial charge on any atom is 0.325 e. The summed E-state index contributed by atoms with van der Waals surface area (Å²) in [6, 6.07) is -0.0169. The van der Waals surface area contributed by atoms with Crippen molar-refractivity contribution >= 4 is 29.2 Å². The first-order valence-electron chi connectivity index (χ1n) is 11.4. The summed E-state index contributed by atoms with van der Waals surface area (Å²) >= 11 is 0. The number of hydrogen-bond acceptors (Lipinski definition) is 9. The molecule has 0 heterocycles. The molecule has 0 spiro atoms. The van der Waals surface area contributed by atoms with Crippen LogP contribution in [0.5, 0.6) is 5.75 Å². The van der Waals surface area contributed by atoms with Gasteiger partial charge in [-0.1, -0.05) is 20.8 Å². The van der Waals surface area contributed by atoms with Crippen LogP contribution in [0, 0.1) is 11.8 Å². The third kappa shape index (κ3) is 3.34. The fraction of sp³-hybridized carbons (Fsp3) is 0.440. The average Bonchev–Trinajstić information content (AvgIpc) is 2.74. The number of phenols is 1. The number of carboxylic acids is 1. The highest BCUT2D eigenvalue weighted by Gasteiger charge is 2.60. The normalized spacial score (nSPS) is 26.8. The van der Waals surface area contributed by atoms with E-state index in [0.717, 1.165) is 0 Å². The van der Waals surface area contributed by atoms with E-state index >= 15 is 0 Å². The Morgan fingerprint density at radius 2 is 1.75 bits per heavy atom. The van der Waals surface area contributed by atoms with Gasteiger partial charge in [-0.25, -0.2) is 0 Å². The standard InChI is InChI=1S/C25H28N2O9/c1-24(2,3)12-7-11(17(26)23(34)35)10-5-8-4-9-6-13(28)16(22(27)33)21(32)25(9,36)20(31)14(8)19(30)15(10)18(12)29/h7-9,17,29-30,32,36H,4-6,26H2,1-3H3,(H2,27,33)(H,34,35)/t8-,9+,17?,25+/m1/s1. The molecule has 11 heteroatoms. The Morgan fingerprint density at radius 3 is 2.28 bits per heavy atom. The van der Waals surface area contributed by atoms with Gasteiger partial charge in [0.2, 0.25) is 5.78 Å². The molecular weight excluding hydrogens is 472 g/mol. The number of primary amides is 1. The van der Waals surface area contributed by atoms with E-state index in [4.69, 9.17) is 11.5 Å². The van der Waals surface area contributed by atoms with Gasteiger partial charge in [0, 0.05) is 23.5 Å². The van der Waals surface area contributed by atoms with Crippen molar-refractivity contribution in [3.63, 3.8) is 0 Å². The minimum atomic E-state index is -2.67. The van der Waals surface area contributed by atoms with E-state index in [2.05, 4.69) is 0 Å². The smallest absolute Gasteiger partial charge is 0.325 e. The molecule has 3 aliphatic carbocycles. The van der Waals surface area contributed by atoms with Crippen LogP contribution in [0.3, 0.4) is 0 Å². The van der Waals surface area contributed by atoms with E-state index in [-0.39, 0.29) is 46.4 Å². The monoisotopic (exact) mass is 500 g/mol. The van der Waals surface area contributed by atoms with Crippen molar-refractivity contribution in [1.29, 1.82) is 0 Å². The molecule has 36 heavy (non-hydrogen) atoms. The van der Waals surface area contributed by atoms with Gasteiger partial charge in [-0.3, -0.25) is 19.2 Å². The van der Waals surface area contributed by atoms with Crippen LogP contribution in [0.4, 0.5) is 0 Å². The SMILES string of the molecule is CC(C)(C)c1cc(C(N)C(=O)O)c2c(c1O)C(O)=C1C(=O)[C@]3(O)C(O)=C(C(N)=O)C(=O)C[C@@H]3C[C@@H]1C2. The number of aliphatic hydroxyl groups is 3. The molecule has 1 aromatic rings. The lowest BCUT2D eigenvalue weighted by Crippen LogP contribution is -2.58. The van der Waals surface area contributed by atoms with Gasteiger partial charge in [0.25, 0.3) is 5.91 Å². The first-order valence-corrected chi connectivity index (χ1v) is 11.4. The summed E-state index contributed by atoms with van der Waals surface area (Å²) in [5.74, 6) is -8.71. The predicted molar refractivity (Wildman–Crippen MR) is 125 cm³/mol. The highest BCUT2D eigenvalue weighted by Crippen LogP contribution is 2.53. The van der Waals surface area contributed by atoms with Crippen LogP contribution in [0.15, 0.2) is 23.0 Å². The average molecular weight is 501 g/mol. The number of rotatable bonds is 3. The molecule has 0 saturated heterocycles. The minimum Gasteiger partial charge on any atom is -0.508 e. The second kappa shape index (κ2) is 7.90. The van der Waals surface area contributed by atoms with Crippen molar-refractivity contribution in [1.82, 2.24) is 0 Å². The van der Waals surface area contributed by atoms with Gasteiger partial charge < -0.3 is 37.0 Å². The molecule has 0 aromatic heterocycles. The van der Waals surface area contributed by atoms with E-state index in [0.29, 0.717) is 0 Å². The fourth-order valence-corrected chi connectivity index (χ4v) is 5.70. The topological polar surface area (TPSA) is 221 Å². The number of carbonyl (C=O) groups is 4. The fourth-order valence-electron chi connectivity index (χ4n) is 5.70. The third-order valence-corrected chi connectivity index (χ3v) is 7.51. The highest BCUT2D eigenvalue weighted by atomic mass is 16.4. The number of amides is 1. The van der Waals surface area contributed by atoms with E-state index in [1.165, 1.54) is 6.07 Å². The molecule has 1 fully saturated rings. The largest absolute Gasteiger partial charge is 0.508 e. The summed E-state index contributed by atoms with van der Waals surface area (Å²) in [5, 5.41) is 54.0. The number of aromatic hydroxyl groups is 1. The van der Waals surface area contributed by atoms with E-state index in [1.807, 2.05) is 0 Å². The van der Waals surface area contributed by atoms with Gasteiger partial charge in [0.15, 0.2) is 11.4 Å². The maximum atomic E-state index is 13.6. The molecule has 4 atom stereocenters. The summed E-state index contributed by atoms with van der Waals surface area (Å²) in [4.78, 5) is 49.6. The van der Waals surface area contributed by atoms with Gasteiger partial charge in [0.05, 0.1) is 5.56 Å². The first kappa shape index (κ1) is 25.4. The number of fused-ring (bicyclic) bond motifs is 3. The van der Waals surface area contributed by atoms with Crippen LogP contribution < -0.4 is 11.5 Å². The summed E-state index contributed by atoms with van der Waals surface area (Å²) in [5.41, 5.74) is 7.07. The van der Waals surface area contributed by atoms with Gasteiger partial charge >= 0.3 is 5.97 Å². The molecule has 1 unspecified atom stereocenters. The number of carbonyl (C=O) groups excluding carboxylic acids is 3. The van der Waals surface area contributed by atoms with Crippen molar-refractivity contribution in [2.75, 3.05) is 0 Å². The number of hydrogen-bond donors (Lipinski definition) is 7. The lowest BCUT2D eigenvalue weighted by Gasteiger charge is -2.46. The van der Waals surface area contributed by atoms with Gasteiger partial charge in [0.1, 0.15) is 28.9 Å². The molecule has 0 aliphatic heterocycles.